The zero-order valence-corrected chi connectivity index (χ0v) is 14.0. The number of pyridine rings is 1. The number of Topliss-reactive ketones (excluding diaryl/α,β-unsaturated/α-hetero) is 1. The maximum Gasteiger partial charge on any atom is 0.341 e. The highest BCUT2D eigenvalue weighted by Gasteiger charge is 2.34. The van der Waals surface area contributed by atoms with Gasteiger partial charge in [-0.3, -0.25) is 4.79 Å². The Labute approximate surface area is 143 Å². The third-order valence-electron chi connectivity index (χ3n) is 3.96. The molecule has 1 aliphatic heterocycles. The van der Waals surface area contributed by atoms with Gasteiger partial charge in [0.1, 0.15) is 16.8 Å². The second-order valence-corrected chi connectivity index (χ2v) is 5.38. The summed E-state index contributed by atoms with van der Waals surface area (Å²) in [4.78, 5) is 37.0. The van der Waals surface area contributed by atoms with E-state index in [4.69, 9.17) is 18.9 Å². The maximum absolute atomic E-state index is 12.3. The van der Waals surface area contributed by atoms with Gasteiger partial charge in [0.25, 0.3) is 0 Å². The van der Waals surface area contributed by atoms with E-state index in [-0.39, 0.29) is 16.8 Å². The van der Waals surface area contributed by atoms with Crippen molar-refractivity contribution in [1.82, 2.24) is 4.40 Å². The number of hydrogen-bond donors (Lipinski definition) is 0. The summed E-state index contributed by atoms with van der Waals surface area (Å²) in [5.74, 6) is -1.94. The molecule has 0 radical (unpaired) electrons. The number of carbonyl (C=O) groups is 3. The first-order chi connectivity index (χ1) is 12.0. The number of fused-ring (bicyclic) bond motifs is 1. The Morgan fingerprint density at radius 2 is 1.64 bits per heavy atom. The molecular formula is C17H17NO7. The van der Waals surface area contributed by atoms with Crippen LogP contribution >= 0.6 is 0 Å². The number of rotatable bonds is 4. The average Bonchev–Trinajstić information content (AvgIpc) is 3.25. The molecule has 0 aromatic carbocycles. The molecule has 8 nitrogen and oxygen atoms in total. The minimum atomic E-state index is -0.798. The summed E-state index contributed by atoms with van der Waals surface area (Å²) in [6.45, 7) is 2.12. The van der Waals surface area contributed by atoms with Crippen LogP contribution in [0.5, 0.6) is 0 Å². The Balaban J connectivity index is 2.44. The van der Waals surface area contributed by atoms with Crippen molar-refractivity contribution in [3.05, 3.63) is 40.7 Å². The average molecular weight is 347 g/mol. The van der Waals surface area contributed by atoms with Crippen LogP contribution in [0.2, 0.25) is 0 Å². The van der Waals surface area contributed by atoms with Crippen molar-refractivity contribution in [2.24, 2.45) is 0 Å². The van der Waals surface area contributed by atoms with Crippen LogP contribution in [0, 0.1) is 0 Å². The van der Waals surface area contributed by atoms with Gasteiger partial charge in [-0.05, 0) is 12.1 Å². The molecule has 0 N–H and O–H groups in total. The van der Waals surface area contributed by atoms with Gasteiger partial charge in [0.05, 0.1) is 38.6 Å². The van der Waals surface area contributed by atoms with Crippen LogP contribution in [0.4, 0.5) is 0 Å². The van der Waals surface area contributed by atoms with Crippen molar-refractivity contribution < 1.29 is 33.3 Å². The molecule has 1 aliphatic rings. The number of hydrogen-bond acceptors (Lipinski definition) is 7. The molecule has 2 aromatic rings. The Kier molecular flexibility index (Phi) is 4.56. The molecule has 8 heteroatoms. The van der Waals surface area contributed by atoms with Crippen LogP contribution in [0.1, 0.15) is 50.1 Å². The van der Waals surface area contributed by atoms with Crippen LogP contribution in [0.25, 0.3) is 5.52 Å². The summed E-state index contributed by atoms with van der Waals surface area (Å²) in [6.07, 6.45) is -0.704. The zero-order valence-electron chi connectivity index (χ0n) is 14.0. The van der Waals surface area contributed by atoms with Gasteiger partial charge >= 0.3 is 11.9 Å². The number of nitrogens with zero attached hydrogens (tertiary/aromatic N) is 1. The molecule has 3 heterocycles. The topological polar surface area (TPSA) is 92.5 Å². The van der Waals surface area contributed by atoms with Crippen LogP contribution in [0.15, 0.2) is 18.2 Å². The van der Waals surface area contributed by atoms with Crippen LogP contribution < -0.4 is 0 Å². The Morgan fingerprint density at radius 3 is 2.20 bits per heavy atom. The lowest BCUT2D eigenvalue weighted by Crippen LogP contribution is -2.14. The molecule has 25 heavy (non-hydrogen) atoms. The monoisotopic (exact) mass is 347 g/mol. The molecule has 0 atom stereocenters. The second kappa shape index (κ2) is 6.66. The van der Waals surface area contributed by atoms with E-state index in [2.05, 4.69) is 0 Å². The zero-order chi connectivity index (χ0) is 18.1. The van der Waals surface area contributed by atoms with E-state index in [9.17, 15) is 14.4 Å². The number of aromatic nitrogens is 1. The SMILES string of the molecule is COC(=O)c1c(C(=O)OC)c2cccc(C3OCCO3)n2c1C(C)=O. The fourth-order valence-electron chi connectivity index (χ4n) is 2.99. The lowest BCUT2D eigenvalue weighted by molar-refractivity contribution is -0.0481. The van der Waals surface area contributed by atoms with Crippen LogP contribution in [-0.4, -0.2) is 49.6 Å². The van der Waals surface area contributed by atoms with Crippen LogP contribution in [-0.2, 0) is 18.9 Å². The Hall–Kier alpha value is -2.71. The van der Waals surface area contributed by atoms with Gasteiger partial charge in [0, 0.05) is 6.92 Å². The summed E-state index contributed by atoms with van der Waals surface area (Å²) in [5.41, 5.74) is 0.707. The Morgan fingerprint density at radius 1 is 1.04 bits per heavy atom. The van der Waals surface area contributed by atoms with Gasteiger partial charge in [-0.2, -0.15) is 0 Å². The normalized spacial score (nSPS) is 14.7. The predicted molar refractivity (Wildman–Crippen MR) is 84.7 cm³/mol. The third kappa shape index (κ3) is 2.69. The third-order valence-corrected chi connectivity index (χ3v) is 3.96. The molecule has 1 saturated heterocycles. The molecule has 0 bridgehead atoms. The predicted octanol–water partition coefficient (Wildman–Crippen LogP) is 1.76. The van der Waals surface area contributed by atoms with Crippen molar-refractivity contribution in [1.29, 1.82) is 0 Å². The molecule has 1 fully saturated rings. The fourth-order valence-corrected chi connectivity index (χ4v) is 2.99. The minimum absolute atomic E-state index is 0.0250. The van der Waals surface area contributed by atoms with E-state index >= 15 is 0 Å². The summed E-state index contributed by atoms with van der Waals surface area (Å²) in [6, 6.07) is 5.01. The summed E-state index contributed by atoms with van der Waals surface area (Å²) < 4.78 is 22.1. The van der Waals surface area contributed by atoms with E-state index in [1.54, 1.807) is 18.2 Å². The Bertz CT molecular complexity index is 861. The first-order valence-corrected chi connectivity index (χ1v) is 7.59. The van der Waals surface area contributed by atoms with Crippen molar-refractivity contribution in [2.75, 3.05) is 27.4 Å². The highest BCUT2D eigenvalue weighted by molar-refractivity contribution is 6.15. The highest BCUT2D eigenvalue weighted by Crippen LogP contribution is 2.32. The second-order valence-electron chi connectivity index (χ2n) is 5.38. The molecule has 3 rings (SSSR count). The number of ketones is 1. The lowest BCUT2D eigenvalue weighted by Gasteiger charge is -2.14. The number of ether oxygens (including phenoxy) is 4. The van der Waals surface area contributed by atoms with Gasteiger partial charge < -0.3 is 23.3 Å². The van der Waals surface area contributed by atoms with Crippen molar-refractivity contribution in [3.63, 3.8) is 0 Å². The molecule has 0 saturated carbocycles. The van der Waals surface area contributed by atoms with E-state index < -0.39 is 24.0 Å². The van der Waals surface area contributed by atoms with E-state index in [1.807, 2.05) is 0 Å². The number of carbonyl (C=O) groups excluding carboxylic acids is 3. The smallest absolute Gasteiger partial charge is 0.341 e. The van der Waals surface area contributed by atoms with Crippen molar-refractivity contribution in [3.8, 4) is 0 Å². The van der Waals surface area contributed by atoms with Gasteiger partial charge in [-0.1, -0.05) is 6.07 Å². The van der Waals surface area contributed by atoms with Crippen molar-refractivity contribution in [2.45, 2.75) is 13.2 Å². The number of esters is 2. The van der Waals surface area contributed by atoms with Gasteiger partial charge in [0.15, 0.2) is 12.1 Å². The molecular weight excluding hydrogens is 330 g/mol. The molecule has 0 unspecified atom stereocenters. The molecule has 0 aliphatic carbocycles. The van der Waals surface area contributed by atoms with E-state index in [1.165, 1.54) is 25.5 Å². The van der Waals surface area contributed by atoms with E-state index in [0.717, 1.165) is 0 Å². The largest absolute Gasteiger partial charge is 0.465 e. The fraction of sp³-hybridized carbons (Fsp3) is 0.353. The molecule has 132 valence electrons. The number of methoxy groups -OCH3 is 2. The van der Waals surface area contributed by atoms with E-state index in [0.29, 0.717) is 24.4 Å². The molecule has 0 spiro atoms. The summed E-state index contributed by atoms with van der Waals surface area (Å²) >= 11 is 0. The molecule has 2 aromatic heterocycles. The highest BCUT2D eigenvalue weighted by atomic mass is 16.7. The van der Waals surface area contributed by atoms with Crippen molar-refractivity contribution >= 4 is 23.2 Å². The van der Waals surface area contributed by atoms with Gasteiger partial charge in [0.2, 0.25) is 0 Å². The van der Waals surface area contributed by atoms with Crippen LogP contribution in [0.3, 0.4) is 0 Å². The first kappa shape index (κ1) is 17.1. The lowest BCUT2D eigenvalue weighted by atomic mass is 10.1. The minimum Gasteiger partial charge on any atom is -0.465 e. The first-order valence-electron chi connectivity index (χ1n) is 7.59. The van der Waals surface area contributed by atoms with Gasteiger partial charge in [-0.25, -0.2) is 9.59 Å². The maximum atomic E-state index is 12.3. The summed E-state index contributed by atoms with van der Waals surface area (Å²) in [7, 11) is 2.38. The molecule has 0 amide bonds. The quantitative estimate of drug-likeness (QED) is 0.614. The summed E-state index contributed by atoms with van der Waals surface area (Å²) in [5, 5.41) is 0. The van der Waals surface area contributed by atoms with Gasteiger partial charge in [-0.15, -0.1) is 0 Å². The standard InChI is InChI=1S/C17H17NO7/c1-9(19)14-13(16(21)23-3)12(15(20)22-2)10-5-4-6-11(18(10)14)17-24-7-8-25-17/h4-6,17H,7-8H2,1-3H3.